The second kappa shape index (κ2) is 10.7. The lowest BCUT2D eigenvalue weighted by atomic mass is 10.1. The number of amides is 1. The molecule has 2 heterocycles. The maximum Gasteiger partial charge on any atom is 0.273 e. The number of rotatable bonds is 11. The molecule has 0 saturated heterocycles. The van der Waals surface area contributed by atoms with E-state index < -0.39 is 0 Å². The third kappa shape index (κ3) is 5.88. The quantitative estimate of drug-likeness (QED) is 0.494. The fourth-order valence-corrected chi connectivity index (χ4v) is 3.18. The van der Waals surface area contributed by atoms with Crippen molar-refractivity contribution >= 4 is 5.91 Å². The summed E-state index contributed by atoms with van der Waals surface area (Å²) in [7, 11) is 3.30. The van der Waals surface area contributed by atoms with E-state index in [9.17, 15) is 4.79 Å². The van der Waals surface area contributed by atoms with Gasteiger partial charge in [-0.3, -0.25) is 9.69 Å². The SMILES string of the molecule is CC[C@H](C)N(Cc1nc(C(=O)NCc2ccco2)co1)Cc1cc(OC)ccc1OC. The Balaban J connectivity index is 1.70. The third-order valence-corrected chi connectivity index (χ3v) is 5.20. The predicted molar refractivity (Wildman–Crippen MR) is 115 cm³/mol. The van der Waals surface area contributed by atoms with Gasteiger partial charge in [0.05, 0.1) is 33.6 Å². The minimum Gasteiger partial charge on any atom is -0.497 e. The van der Waals surface area contributed by atoms with Gasteiger partial charge in [-0.1, -0.05) is 6.92 Å². The number of carbonyl (C=O) groups is 1. The van der Waals surface area contributed by atoms with Crippen LogP contribution in [0.15, 0.2) is 51.7 Å². The lowest BCUT2D eigenvalue weighted by molar-refractivity contribution is 0.0943. The number of nitrogens with one attached hydrogen (secondary N) is 1. The fourth-order valence-electron chi connectivity index (χ4n) is 3.18. The molecule has 1 atom stereocenters. The van der Waals surface area contributed by atoms with Crippen molar-refractivity contribution in [3.05, 3.63) is 65.8 Å². The molecule has 1 amide bonds. The highest BCUT2D eigenvalue weighted by Gasteiger charge is 2.20. The number of hydrogen-bond acceptors (Lipinski definition) is 7. The first-order chi connectivity index (χ1) is 15.0. The zero-order valence-electron chi connectivity index (χ0n) is 18.4. The molecule has 3 aromatic rings. The molecule has 31 heavy (non-hydrogen) atoms. The summed E-state index contributed by atoms with van der Waals surface area (Å²) in [6.07, 6.45) is 3.90. The molecule has 8 nitrogen and oxygen atoms in total. The number of oxazole rings is 1. The average Bonchev–Trinajstić information content (AvgIpc) is 3.48. The maximum absolute atomic E-state index is 12.4. The molecule has 1 aromatic carbocycles. The number of methoxy groups -OCH3 is 2. The molecule has 2 aromatic heterocycles. The zero-order chi connectivity index (χ0) is 22.2. The fraction of sp³-hybridized carbons (Fsp3) is 0.391. The van der Waals surface area contributed by atoms with E-state index >= 15 is 0 Å². The Kier molecular flexibility index (Phi) is 7.72. The van der Waals surface area contributed by atoms with Crippen LogP contribution in [0.3, 0.4) is 0 Å². The van der Waals surface area contributed by atoms with Crippen LogP contribution in [0.4, 0.5) is 0 Å². The van der Waals surface area contributed by atoms with Gasteiger partial charge in [0.1, 0.15) is 23.5 Å². The van der Waals surface area contributed by atoms with Crippen LogP contribution >= 0.6 is 0 Å². The summed E-state index contributed by atoms with van der Waals surface area (Å²) in [5, 5.41) is 2.77. The number of benzene rings is 1. The van der Waals surface area contributed by atoms with E-state index in [4.69, 9.17) is 18.3 Å². The van der Waals surface area contributed by atoms with E-state index in [1.54, 1.807) is 32.6 Å². The number of aromatic nitrogens is 1. The Labute approximate surface area is 182 Å². The molecule has 0 unspecified atom stereocenters. The zero-order valence-corrected chi connectivity index (χ0v) is 18.4. The summed E-state index contributed by atoms with van der Waals surface area (Å²) < 4.78 is 21.7. The van der Waals surface area contributed by atoms with Crippen LogP contribution in [0.2, 0.25) is 0 Å². The predicted octanol–water partition coefficient (Wildman–Crippen LogP) is 4.02. The van der Waals surface area contributed by atoms with Gasteiger partial charge < -0.3 is 23.6 Å². The van der Waals surface area contributed by atoms with E-state index in [0.717, 1.165) is 23.5 Å². The van der Waals surface area contributed by atoms with Crippen molar-refractivity contribution in [1.82, 2.24) is 15.2 Å². The van der Waals surface area contributed by atoms with Crippen LogP contribution in [0.1, 0.15) is 48.0 Å². The van der Waals surface area contributed by atoms with Crippen molar-refractivity contribution in [3.63, 3.8) is 0 Å². The molecule has 3 rings (SSSR count). The molecule has 0 spiro atoms. The van der Waals surface area contributed by atoms with Crippen molar-refractivity contribution < 1.29 is 23.1 Å². The summed E-state index contributed by atoms with van der Waals surface area (Å²) in [5.41, 5.74) is 1.25. The first-order valence-corrected chi connectivity index (χ1v) is 10.2. The van der Waals surface area contributed by atoms with Gasteiger partial charge in [-0.05, 0) is 43.7 Å². The molecule has 8 heteroatoms. The molecular formula is C23H29N3O5. The van der Waals surface area contributed by atoms with Gasteiger partial charge in [-0.25, -0.2) is 4.98 Å². The summed E-state index contributed by atoms with van der Waals surface area (Å²) in [4.78, 5) is 19.0. The van der Waals surface area contributed by atoms with Crippen molar-refractivity contribution in [2.45, 2.75) is 45.9 Å². The summed E-state index contributed by atoms with van der Waals surface area (Å²) in [6.45, 7) is 5.65. The Hall–Kier alpha value is -3.26. The van der Waals surface area contributed by atoms with Crippen LogP contribution in [0.25, 0.3) is 0 Å². The van der Waals surface area contributed by atoms with Crippen LogP contribution in [-0.4, -0.2) is 36.1 Å². The number of hydrogen-bond donors (Lipinski definition) is 1. The van der Waals surface area contributed by atoms with Gasteiger partial charge in [0, 0.05) is 18.2 Å². The minimum atomic E-state index is -0.309. The first-order valence-electron chi connectivity index (χ1n) is 10.2. The average molecular weight is 428 g/mol. The summed E-state index contributed by atoms with van der Waals surface area (Å²) in [5.74, 6) is 2.40. The van der Waals surface area contributed by atoms with Gasteiger partial charge >= 0.3 is 0 Å². The Morgan fingerprint density at radius 1 is 1.19 bits per heavy atom. The van der Waals surface area contributed by atoms with E-state index in [1.807, 2.05) is 18.2 Å². The molecule has 0 aliphatic heterocycles. The second-order valence-electron chi connectivity index (χ2n) is 7.23. The van der Waals surface area contributed by atoms with Gasteiger partial charge in [0.15, 0.2) is 5.69 Å². The molecular weight excluding hydrogens is 398 g/mol. The molecule has 0 bridgehead atoms. The molecule has 0 aliphatic rings. The Morgan fingerprint density at radius 2 is 2.03 bits per heavy atom. The highest BCUT2D eigenvalue weighted by Crippen LogP contribution is 2.27. The van der Waals surface area contributed by atoms with Crippen LogP contribution < -0.4 is 14.8 Å². The van der Waals surface area contributed by atoms with Crippen LogP contribution in [0, 0.1) is 0 Å². The number of nitrogens with zero attached hydrogens (tertiary/aromatic N) is 2. The van der Waals surface area contributed by atoms with Crippen molar-refractivity contribution in [3.8, 4) is 11.5 Å². The number of furan rings is 1. The standard InChI is InChI=1S/C23H29N3O5/c1-5-16(2)26(13-17-11-18(28-3)8-9-21(17)29-4)14-22-25-20(15-31-22)23(27)24-12-19-7-6-10-30-19/h6-11,15-16H,5,12-14H2,1-4H3,(H,24,27)/t16-/m0/s1. The Morgan fingerprint density at radius 3 is 2.71 bits per heavy atom. The molecule has 1 N–H and O–H groups in total. The molecule has 166 valence electrons. The Bertz CT molecular complexity index is 968. The topological polar surface area (TPSA) is 90.0 Å². The number of ether oxygens (including phenoxy) is 2. The largest absolute Gasteiger partial charge is 0.497 e. The highest BCUT2D eigenvalue weighted by molar-refractivity contribution is 5.91. The summed E-state index contributed by atoms with van der Waals surface area (Å²) in [6, 6.07) is 9.57. The highest BCUT2D eigenvalue weighted by atomic mass is 16.5. The maximum atomic E-state index is 12.4. The van der Waals surface area contributed by atoms with Gasteiger partial charge in [-0.15, -0.1) is 0 Å². The molecule has 0 radical (unpaired) electrons. The number of carbonyl (C=O) groups excluding carboxylic acids is 1. The molecule has 0 saturated carbocycles. The minimum absolute atomic E-state index is 0.240. The van der Waals surface area contributed by atoms with Crippen LogP contribution in [-0.2, 0) is 19.6 Å². The molecule has 0 aliphatic carbocycles. The molecule has 0 fully saturated rings. The first kappa shape index (κ1) is 22.4. The van der Waals surface area contributed by atoms with E-state index in [0.29, 0.717) is 31.3 Å². The van der Waals surface area contributed by atoms with E-state index in [-0.39, 0.29) is 17.6 Å². The lowest BCUT2D eigenvalue weighted by Crippen LogP contribution is -2.32. The van der Waals surface area contributed by atoms with Crippen LogP contribution in [0.5, 0.6) is 11.5 Å². The second-order valence-corrected chi connectivity index (χ2v) is 7.23. The van der Waals surface area contributed by atoms with Gasteiger partial charge in [0.2, 0.25) is 5.89 Å². The smallest absolute Gasteiger partial charge is 0.273 e. The van der Waals surface area contributed by atoms with Crippen molar-refractivity contribution in [1.29, 1.82) is 0 Å². The monoisotopic (exact) mass is 427 g/mol. The van der Waals surface area contributed by atoms with Crippen molar-refractivity contribution in [2.24, 2.45) is 0 Å². The third-order valence-electron chi connectivity index (χ3n) is 5.20. The van der Waals surface area contributed by atoms with Gasteiger partial charge in [0.25, 0.3) is 5.91 Å². The van der Waals surface area contributed by atoms with E-state index in [2.05, 4.69) is 29.0 Å². The van der Waals surface area contributed by atoms with Crippen molar-refractivity contribution in [2.75, 3.05) is 14.2 Å². The lowest BCUT2D eigenvalue weighted by Gasteiger charge is -2.28. The normalized spacial score (nSPS) is 12.0. The van der Waals surface area contributed by atoms with E-state index in [1.165, 1.54) is 6.26 Å². The summed E-state index contributed by atoms with van der Waals surface area (Å²) >= 11 is 0. The van der Waals surface area contributed by atoms with Gasteiger partial charge in [-0.2, -0.15) is 0 Å².